The number of nitrogens with one attached hydrogen (secondary N) is 1. The van der Waals surface area contributed by atoms with E-state index in [1.54, 1.807) is 13.0 Å². The second-order valence-corrected chi connectivity index (χ2v) is 5.80. The molecule has 0 bridgehead atoms. The number of thiophene rings is 1. The summed E-state index contributed by atoms with van der Waals surface area (Å²) in [4.78, 5) is 5.72. The summed E-state index contributed by atoms with van der Waals surface area (Å²) in [7, 11) is -3.28. The standard InChI is InChI=1S/C8H9NO3S2/c1-6-5-14(10,11)8(9-12-6)7-3-2-4-13-7/h2-5,8-9H,1H3. The van der Waals surface area contributed by atoms with Crippen LogP contribution in [0.1, 0.15) is 17.2 Å². The van der Waals surface area contributed by atoms with Gasteiger partial charge in [0.2, 0.25) is 0 Å². The lowest BCUT2D eigenvalue weighted by Gasteiger charge is -2.21. The van der Waals surface area contributed by atoms with E-state index in [0.717, 1.165) is 10.3 Å². The number of rotatable bonds is 1. The number of hydroxylamine groups is 1. The highest BCUT2D eigenvalue weighted by molar-refractivity contribution is 7.94. The fourth-order valence-corrected chi connectivity index (χ4v) is 3.64. The highest BCUT2D eigenvalue weighted by Crippen LogP contribution is 2.28. The van der Waals surface area contributed by atoms with Gasteiger partial charge in [0.1, 0.15) is 5.76 Å². The average molecular weight is 231 g/mol. The zero-order valence-corrected chi connectivity index (χ0v) is 9.06. The SMILES string of the molecule is CC1=CS(=O)(=O)C(c2cccs2)NO1. The van der Waals surface area contributed by atoms with E-state index < -0.39 is 15.2 Å². The molecule has 0 saturated carbocycles. The van der Waals surface area contributed by atoms with E-state index >= 15 is 0 Å². The first kappa shape index (κ1) is 9.70. The molecule has 2 heterocycles. The predicted molar refractivity (Wildman–Crippen MR) is 54.0 cm³/mol. The first-order valence-electron chi connectivity index (χ1n) is 3.97. The van der Waals surface area contributed by atoms with Crippen LogP contribution >= 0.6 is 11.3 Å². The molecule has 1 atom stereocenters. The first-order chi connectivity index (χ1) is 6.59. The minimum atomic E-state index is -3.28. The topological polar surface area (TPSA) is 55.4 Å². The van der Waals surface area contributed by atoms with Gasteiger partial charge in [0.05, 0.1) is 5.41 Å². The van der Waals surface area contributed by atoms with Crippen LogP contribution in [0.3, 0.4) is 0 Å². The van der Waals surface area contributed by atoms with Gasteiger partial charge in [-0.1, -0.05) is 6.07 Å². The van der Waals surface area contributed by atoms with Crippen molar-refractivity contribution in [1.82, 2.24) is 5.48 Å². The Balaban J connectivity index is 2.41. The molecule has 0 saturated heterocycles. The van der Waals surface area contributed by atoms with Gasteiger partial charge in [-0.3, -0.25) is 0 Å². The quantitative estimate of drug-likeness (QED) is 0.797. The molecule has 0 amide bonds. The van der Waals surface area contributed by atoms with E-state index in [-0.39, 0.29) is 0 Å². The van der Waals surface area contributed by atoms with Gasteiger partial charge in [0, 0.05) is 4.88 Å². The summed E-state index contributed by atoms with van der Waals surface area (Å²) in [5.41, 5.74) is 2.52. The maximum atomic E-state index is 11.7. The lowest BCUT2D eigenvalue weighted by molar-refractivity contribution is 0.0928. The van der Waals surface area contributed by atoms with Gasteiger partial charge >= 0.3 is 0 Å². The molecule has 0 spiro atoms. The van der Waals surface area contributed by atoms with Gasteiger partial charge < -0.3 is 4.84 Å². The van der Waals surface area contributed by atoms with Crippen LogP contribution in [0.4, 0.5) is 0 Å². The Hall–Kier alpha value is -0.850. The van der Waals surface area contributed by atoms with Gasteiger partial charge in [-0.25, -0.2) is 8.42 Å². The molecule has 6 heteroatoms. The lowest BCUT2D eigenvalue weighted by Crippen LogP contribution is -2.30. The molecule has 1 aliphatic rings. The molecule has 1 N–H and O–H groups in total. The van der Waals surface area contributed by atoms with Crippen LogP contribution < -0.4 is 5.48 Å². The maximum Gasteiger partial charge on any atom is 0.199 e. The van der Waals surface area contributed by atoms with Crippen molar-refractivity contribution in [2.45, 2.75) is 12.3 Å². The Morgan fingerprint density at radius 3 is 2.93 bits per heavy atom. The summed E-state index contributed by atoms with van der Waals surface area (Å²) < 4.78 is 23.4. The Bertz CT molecular complexity index is 447. The summed E-state index contributed by atoms with van der Waals surface area (Å²) in [5.74, 6) is 0.359. The Labute approximate surface area is 86.1 Å². The highest BCUT2D eigenvalue weighted by Gasteiger charge is 2.30. The third-order valence-corrected chi connectivity index (χ3v) is 4.54. The third kappa shape index (κ3) is 1.68. The molecule has 14 heavy (non-hydrogen) atoms. The lowest BCUT2D eigenvalue weighted by atomic mass is 10.5. The normalized spacial score (nSPS) is 25.2. The molecule has 0 aromatic carbocycles. The smallest absolute Gasteiger partial charge is 0.199 e. The zero-order chi connectivity index (χ0) is 10.2. The molecule has 76 valence electrons. The summed E-state index contributed by atoms with van der Waals surface area (Å²) in [6.07, 6.45) is 0. The number of hydrogen-bond acceptors (Lipinski definition) is 5. The van der Waals surface area contributed by atoms with Crippen molar-refractivity contribution in [2.24, 2.45) is 0 Å². The van der Waals surface area contributed by atoms with Gasteiger partial charge in [-0.2, -0.15) is 0 Å². The molecule has 1 unspecified atom stereocenters. The van der Waals surface area contributed by atoms with Crippen LogP contribution in [0.15, 0.2) is 28.7 Å². The highest BCUT2D eigenvalue weighted by atomic mass is 32.2. The van der Waals surface area contributed by atoms with Crippen molar-refractivity contribution in [3.8, 4) is 0 Å². The van der Waals surface area contributed by atoms with Crippen molar-refractivity contribution in [3.05, 3.63) is 33.6 Å². The van der Waals surface area contributed by atoms with Gasteiger partial charge in [-0.15, -0.1) is 16.8 Å². The number of hydrogen-bond donors (Lipinski definition) is 1. The fourth-order valence-electron chi connectivity index (χ4n) is 1.20. The minimum Gasteiger partial charge on any atom is -0.411 e. The van der Waals surface area contributed by atoms with Gasteiger partial charge in [0.15, 0.2) is 15.2 Å². The van der Waals surface area contributed by atoms with Crippen molar-refractivity contribution < 1.29 is 13.3 Å². The molecule has 1 aromatic rings. The van der Waals surface area contributed by atoms with Crippen LogP contribution in [-0.4, -0.2) is 8.42 Å². The molecule has 1 aliphatic heterocycles. The molecular formula is C8H9NO3S2. The van der Waals surface area contributed by atoms with Crippen LogP contribution in [0.25, 0.3) is 0 Å². The molecule has 0 fully saturated rings. The van der Waals surface area contributed by atoms with Crippen molar-refractivity contribution in [2.75, 3.05) is 0 Å². The van der Waals surface area contributed by atoms with Crippen molar-refractivity contribution >= 4 is 21.2 Å². The number of sulfone groups is 1. The Morgan fingerprint density at radius 1 is 1.57 bits per heavy atom. The van der Waals surface area contributed by atoms with E-state index in [1.165, 1.54) is 11.3 Å². The molecule has 4 nitrogen and oxygen atoms in total. The first-order valence-corrected chi connectivity index (χ1v) is 6.46. The zero-order valence-electron chi connectivity index (χ0n) is 7.43. The Morgan fingerprint density at radius 2 is 2.36 bits per heavy atom. The third-order valence-electron chi connectivity index (χ3n) is 1.79. The number of allylic oxidation sites excluding steroid dienone is 1. The van der Waals surface area contributed by atoms with Gasteiger partial charge in [-0.05, 0) is 18.4 Å². The Kier molecular flexibility index (Phi) is 2.34. The maximum absolute atomic E-state index is 11.7. The van der Waals surface area contributed by atoms with E-state index in [4.69, 9.17) is 4.84 Å². The monoisotopic (exact) mass is 231 g/mol. The largest absolute Gasteiger partial charge is 0.411 e. The van der Waals surface area contributed by atoms with E-state index in [0.29, 0.717) is 5.76 Å². The summed E-state index contributed by atoms with van der Waals surface area (Å²) in [6, 6.07) is 3.57. The molecule has 0 radical (unpaired) electrons. The molecular weight excluding hydrogens is 222 g/mol. The van der Waals surface area contributed by atoms with Crippen LogP contribution in [-0.2, 0) is 14.7 Å². The molecule has 2 rings (SSSR count). The van der Waals surface area contributed by atoms with E-state index in [1.807, 2.05) is 11.4 Å². The van der Waals surface area contributed by atoms with E-state index in [2.05, 4.69) is 5.48 Å². The summed E-state index contributed by atoms with van der Waals surface area (Å²) >= 11 is 1.38. The van der Waals surface area contributed by atoms with Crippen molar-refractivity contribution in [1.29, 1.82) is 0 Å². The average Bonchev–Trinajstić information content (AvgIpc) is 2.54. The van der Waals surface area contributed by atoms with Crippen LogP contribution in [0.5, 0.6) is 0 Å². The van der Waals surface area contributed by atoms with Crippen LogP contribution in [0, 0.1) is 0 Å². The summed E-state index contributed by atoms with van der Waals surface area (Å²) in [5, 5.41) is 2.21. The minimum absolute atomic E-state index is 0.359. The van der Waals surface area contributed by atoms with Gasteiger partial charge in [0.25, 0.3) is 0 Å². The van der Waals surface area contributed by atoms with Crippen molar-refractivity contribution in [3.63, 3.8) is 0 Å². The fraction of sp³-hybridized carbons (Fsp3) is 0.250. The predicted octanol–water partition coefficient (Wildman–Crippen LogP) is 1.56. The second-order valence-electron chi connectivity index (χ2n) is 2.93. The summed E-state index contributed by atoms with van der Waals surface area (Å²) in [6.45, 7) is 1.59. The van der Waals surface area contributed by atoms with Crippen LogP contribution in [0.2, 0.25) is 0 Å². The second kappa shape index (κ2) is 3.38. The van der Waals surface area contributed by atoms with E-state index in [9.17, 15) is 8.42 Å². The molecule has 1 aromatic heterocycles. The molecule has 0 aliphatic carbocycles.